The molecule has 0 spiro atoms. The highest BCUT2D eigenvalue weighted by Gasteiger charge is 2.01. The van der Waals surface area contributed by atoms with Gasteiger partial charge >= 0.3 is 0 Å². The molecule has 0 fully saturated rings. The zero-order valence-electron chi connectivity index (χ0n) is 8.34. The normalized spacial score (nSPS) is 10.3. The third-order valence-corrected chi connectivity index (χ3v) is 3.85. The van der Waals surface area contributed by atoms with E-state index in [1.165, 1.54) is 11.8 Å². The molecule has 15 heavy (non-hydrogen) atoms. The van der Waals surface area contributed by atoms with Gasteiger partial charge in [0.25, 0.3) is 0 Å². The van der Waals surface area contributed by atoms with Crippen molar-refractivity contribution in [3.8, 4) is 0 Å². The zero-order valence-corrected chi connectivity index (χ0v) is 11.6. The maximum atomic E-state index is 7.36. The quantitative estimate of drug-likeness (QED) is 0.444. The molecular weight excluding hydrogens is 296 g/mol. The molecule has 0 aliphatic rings. The minimum Gasteiger partial charge on any atom is -0.364 e. The molecule has 0 bridgehead atoms. The van der Waals surface area contributed by atoms with E-state index in [0.717, 1.165) is 28.3 Å². The van der Waals surface area contributed by atoms with Crippen LogP contribution in [0.25, 0.3) is 0 Å². The number of aromatic nitrogens is 2. The van der Waals surface area contributed by atoms with Gasteiger partial charge in [0.05, 0.1) is 12.0 Å². The van der Waals surface area contributed by atoms with Crippen molar-refractivity contribution in [2.24, 2.45) is 0 Å². The van der Waals surface area contributed by atoms with Crippen molar-refractivity contribution in [2.45, 2.75) is 5.75 Å². The predicted octanol–water partition coefficient (Wildman–Crippen LogP) is 2.29. The van der Waals surface area contributed by atoms with Crippen LogP contribution in [-0.2, 0) is 5.75 Å². The van der Waals surface area contributed by atoms with Crippen LogP contribution < -0.4 is 5.32 Å². The Kier molecular flexibility index (Phi) is 6.19. The Morgan fingerprint density at radius 2 is 2.53 bits per heavy atom. The van der Waals surface area contributed by atoms with E-state index in [9.17, 15) is 0 Å². The molecule has 4 nitrogen and oxygen atoms in total. The summed E-state index contributed by atoms with van der Waals surface area (Å²) in [4.78, 5) is 7.15. The van der Waals surface area contributed by atoms with Crippen molar-refractivity contribution in [1.29, 1.82) is 5.41 Å². The SMILES string of the molecule is CSC(=N)NCCSCc1nc[nH]c1Br. The van der Waals surface area contributed by atoms with Crippen molar-refractivity contribution < 1.29 is 0 Å². The van der Waals surface area contributed by atoms with Crippen LogP contribution in [0.4, 0.5) is 0 Å². The van der Waals surface area contributed by atoms with Gasteiger partial charge in [-0.1, -0.05) is 11.8 Å². The second-order valence-corrected chi connectivity index (χ2v) is 5.39. The summed E-state index contributed by atoms with van der Waals surface area (Å²) in [6.45, 7) is 0.826. The maximum absolute atomic E-state index is 7.36. The van der Waals surface area contributed by atoms with Crippen LogP contribution in [0.2, 0.25) is 0 Å². The molecule has 0 aromatic carbocycles. The molecular formula is C8H13BrN4S2. The van der Waals surface area contributed by atoms with Gasteiger partial charge in [0.15, 0.2) is 5.17 Å². The average Bonchev–Trinajstić information content (AvgIpc) is 2.63. The minimum atomic E-state index is 0.525. The number of nitrogens with one attached hydrogen (secondary N) is 3. The van der Waals surface area contributed by atoms with Gasteiger partial charge in [-0.05, 0) is 22.2 Å². The highest BCUT2D eigenvalue weighted by molar-refractivity contribution is 9.10. The van der Waals surface area contributed by atoms with Crippen molar-refractivity contribution >= 4 is 44.6 Å². The number of imidazole rings is 1. The lowest BCUT2D eigenvalue weighted by atomic mass is 10.6. The molecule has 1 aromatic heterocycles. The summed E-state index contributed by atoms with van der Waals surface area (Å²) in [6, 6.07) is 0. The van der Waals surface area contributed by atoms with Crippen molar-refractivity contribution in [3.63, 3.8) is 0 Å². The monoisotopic (exact) mass is 308 g/mol. The van der Waals surface area contributed by atoms with Crippen LogP contribution in [0.15, 0.2) is 10.9 Å². The molecule has 0 unspecified atom stereocenters. The fourth-order valence-electron chi connectivity index (χ4n) is 0.885. The van der Waals surface area contributed by atoms with Crippen LogP contribution in [0, 0.1) is 5.41 Å². The van der Waals surface area contributed by atoms with Crippen LogP contribution in [0.1, 0.15) is 5.69 Å². The van der Waals surface area contributed by atoms with E-state index in [0.29, 0.717) is 5.17 Å². The van der Waals surface area contributed by atoms with E-state index in [1.54, 1.807) is 18.1 Å². The lowest BCUT2D eigenvalue weighted by Gasteiger charge is -2.04. The molecule has 1 rings (SSSR count). The minimum absolute atomic E-state index is 0.525. The third kappa shape index (κ3) is 4.94. The number of nitrogens with zero attached hydrogens (tertiary/aromatic N) is 1. The summed E-state index contributed by atoms with van der Waals surface area (Å²) >= 11 is 6.60. The first-order valence-corrected chi connectivity index (χ1v) is 7.53. The lowest BCUT2D eigenvalue weighted by molar-refractivity contribution is 0.984. The van der Waals surface area contributed by atoms with Gasteiger partial charge in [0, 0.05) is 18.1 Å². The van der Waals surface area contributed by atoms with Gasteiger partial charge in [-0.25, -0.2) is 4.98 Å². The number of amidine groups is 1. The number of aromatic amines is 1. The number of H-pyrrole nitrogens is 1. The Morgan fingerprint density at radius 1 is 1.73 bits per heavy atom. The number of hydrogen-bond acceptors (Lipinski definition) is 4. The van der Waals surface area contributed by atoms with Crippen molar-refractivity contribution in [1.82, 2.24) is 15.3 Å². The third-order valence-electron chi connectivity index (χ3n) is 1.64. The molecule has 1 aromatic rings. The van der Waals surface area contributed by atoms with E-state index < -0.39 is 0 Å². The molecule has 84 valence electrons. The number of hydrogen-bond donors (Lipinski definition) is 3. The van der Waals surface area contributed by atoms with Crippen LogP contribution >= 0.6 is 39.5 Å². The largest absolute Gasteiger partial charge is 0.364 e. The second-order valence-electron chi connectivity index (χ2n) is 2.68. The summed E-state index contributed by atoms with van der Waals surface area (Å²) in [5.74, 6) is 1.86. The van der Waals surface area contributed by atoms with Gasteiger partial charge in [0.1, 0.15) is 4.60 Å². The van der Waals surface area contributed by atoms with Crippen LogP contribution in [0.5, 0.6) is 0 Å². The van der Waals surface area contributed by atoms with Crippen molar-refractivity contribution in [2.75, 3.05) is 18.6 Å². The molecule has 0 aliphatic heterocycles. The van der Waals surface area contributed by atoms with E-state index >= 15 is 0 Å². The summed E-state index contributed by atoms with van der Waals surface area (Å²) in [7, 11) is 0. The zero-order chi connectivity index (χ0) is 11.1. The van der Waals surface area contributed by atoms with Gasteiger partial charge < -0.3 is 10.3 Å². The molecule has 0 radical (unpaired) electrons. The molecule has 3 N–H and O–H groups in total. The fraction of sp³-hybridized carbons (Fsp3) is 0.500. The standard InChI is InChI=1S/C8H13BrN4S2/c1-14-8(10)11-2-3-15-4-6-7(9)13-5-12-6/h5H,2-4H2,1H3,(H2,10,11)(H,12,13). The molecule has 0 atom stereocenters. The highest BCUT2D eigenvalue weighted by atomic mass is 79.9. The van der Waals surface area contributed by atoms with E-state index in [-0.39, 0.29) is 0 Å². The molecule has 1 heterocycles. The summed E-state index contributed by atoms with van der Waals surface area (Å²) < 4.78 is 0.958. The van der Waals surface area contributed by atoms with E-state index in [1.807, 2.05) is 6.26 Å². The number of thioether (sulfide) groups is 2. The molecule has 0 amide bonds. The van der Waals surface area contributed by atoms with Gasteiger partial charge in [-0.3, -0.25) is 5.41 Å². The Morgan fingerprint density at radius 3 is 3.13 bits per heavy atom. The predicted molar refractivity (Wildman–Crippen MR) is 71.7 cm³/mol. The summed E-state index contributed by atoms with van der Waals surface area (Å²) in [6.07, 6.45) is 3.57. The van der Waals surface area contributed by atoms with Crippen molar-refractivity contribution in [3.05, 3.63) is 16.6 Å². The first-order valence-electron chi connectivity index (χ1n) is 4.36. The summed E-state index contributed by atoms with van der Waals surface area (Å²) in [5, 5.41) is 10.9. The van der Waals surface area contributed by atoms with Crippen LogP contribution in [0.3, 0.4) is 0 Å². The maximum Gasteiger partial charge on any atom is 0.153 e. The molecule has 0 saturated heterocycles. The Balaban J connectivity index is 2.07. The first kappa shape index (κ1) is 12.9. The molecule has 0 aliphatic carbocycles. The topological polar surface area (TPSA) is 64.6 Å². The summed E-state index contributed by atoms with van der Waals surface area (Å²) in [5.41, 5.74) is 1.04. The first-order chi connectivity index (χ1) is 7.24. The molecule has 7 heteroatoms. The number of halogens is 1. The number of rotatable bonds is 5. The van der Waals surface area contributed by atoms with Gasteiger partial charge in [-0.2, -0.15) is 11.8 Å². The highest BCUT2D eigenvalue weighted by Crippen LogP contribution is 2.16. The van der Waals surface area contributed by atoms with Gasteiger partial charge in [0.2, 0.25) is 0 Å². The van der Waals surface area contributed by atoms with Crippen LogP contribution in [-0.4, -0.2) is 33.7 Å². The smallest absolute Gasteiger partial charge is 0.153 e. The Hall–Kier alpha value is -0.140. The van der Waals surface area contributed by atoms with Gasteiger partial charge in [-0.15, -0.1) is 0 Å². The van der Waals surface area contributed by atoms with E-state index in [2.05, 4.69) is 31.2 Å². The van der Waals surface area contributed by atoms with E-state index in [4.69, 9.17) is 5.41 Å². The lowest BCUT2D eigenvalue weighted by Crippen LogP contribution is -2.21. The average molecular weight is 309 g/mol. The second kappa shape index (κ2) is 7.19. The fourth-order valence-corrected chi connectivity index (χ4v) is 2.47. The molecule has 0 saturated carbocycles. The Bertz CT molecular complexity index is 315. The Labute approximate surface area is 106 Å².